The van der Waals surface area contributed by atoms with Crippen molar-refractivity contribution in [2.45, 2.75) is 19.1 Å². The Labute approximate surface area is 110 Å². The SMILES string of the molecule is CCN(CC(F)(F)F)C(CN)c1ccccc1Cl. The number of alkyl halides is 3. The van der Waals surface area contributed by atoms with Crippen molar-refractivity contribution in [3.8, 4) is 0 Å². The molecule has 2 nitrogen and oxygen atoms in total. The lowest BCUT2D eigenvalue weighted by atomic mass is 10.1. The molecule has 18 heavy (non-hydrogen) atoms. The molecule has 0 aromatic heterocycles. The van der Waals surface area contributed by atoms with Crippen LogP contribution >= 0.6 is 11.6 Å². The third-order valence-corrected chi connectivity index (χ3v) is 3.06. The number of nitrogens with zero attached hydrogens (tertiary/aromatic N) is 1. The van der Waals surface area contributed by atoms with Gasteiger partial charge in [-0.25, -0.2) is 0 Å². The molecule has 0 saturated heterocycles. The number of likely N-dealkylation sites (N-methyl/N-ethyl adjacent to an activating group) is 1. The van der Waals surface area contributed by atoms with Crippen LogP contribution < -0.4 is 5.73 Å². The minimum Gasteiger partial charge on any atom is -0.329 e. The lowest BCUT2D eigenvalue weighted by Gasteiger charge is -2.31. The van der Waals surface area contributed by atoms with Gasteiger partial charge in [0.15, 0.2) is 0 Å². The Kier molecular flexibility index (Phi) is 5.44. The van der Waals surface area contributed by atoms with Gasteiger partial charge in [0.25, 0.3) is 0 Å². The number of hydrogen-bond acceptors (Lipinski definition) is 2. The van der Waals surface area contributed by atoms with Crippen molar-refractivity contribution in [2.24, 2.45) is 5.73 Å². The van der Waals surface area contributed by atoms with Crippen LogP contribution in [0.1, 0.15) is 18.5 Å². The van der Waals surface area contributed by atoms with Crippen molar-refractivity contribution in [1.29, 1.82) is 0 Å². The van der Waals surface area contributed by atoms with Crippen molar-refractivity contribution in [2.75, 3.05) is 19.6 Å². The third-order valence-electron chi connectivity index (χ3n) is 2.72. The highest BCUT2D eigenvalue weighted by Crippen LogP contribution is 2.29. The van der Waals surface area contributed by atoms with Crippen molar-refractivity contribution in [3.63, 3.8) is 0 Å². The van der Waals surface area contributed by atoms with Crippen molar-refractivity contribution in [1.82, 2.24) is 4.90 Å². The molecule has 0 radical (unpaired) electrons. The number of halogens is 4. The van der Waals surface area contributed by atoms with E-state index in [1.165, 1.54) is 4.90 Å². The third kappa shape index (κ3) is 4.15. The predicted molar refractivity (Wildman–Crippen MR) is 66.5 cm³/mol. The van der Waals surface area contributed by atoms with Gasteiger partial charge in [0.05, 0.1) is 6.54 Å². The van der Waals surface area contributed by atoms with E-state index in [0.29, 0.717) is 10.6 Å². The zero-order chi connectivity index (χ0) is 13.8. The van der Waals surface area contributed by atoms with E-state index in [1.807, 2.05) is 0 Å². The van der Waals surface area contributed by atoms with Crippen molar-refractivity contribution >= 4 is 11.6 Å². The zero-order valence-corrected chi connectivity index (χ0v) is 10.8. The standard InChI is InChI=1S/C12H16ClF3N2/c1-2-18(8-12(14,15)16)11(7-17)9-5-3-4-6-10(9)13/h3-6,11H,2,7-8,17H2,1H3. The molecule has 1 aromatic rings. The van der Waals surface area contributed by atoms with Gasteiger partial charge in [-0.05, 0) is 18.2 Å². The van der Waals surface area contributed by atoms with Gasteiger partial charge in [0, 0.05) is 17.6 Å². The fourth-order valence-electron chi connectivity index (χ4n) is 1.89. The molecule has 0 fully saturated rings. The molecule has 1 aromatic carbocycles. The summed E-state index contributed by atoms with van der Waals surface area (Å²) in [7, 11) is 0. The minimum atomic E-state index is -4.25. The Morgan fingerprint density at radius 2 is 1.94 bits per heavy atom. The molecular formula is C12H16ClF3N2. The van der Waals surface area contributed by atoms with E-state index in [-0.39, 0.29) is 13.1 Å². The summed E-state index contributed by atoms with van der Waals surface area (Å²) in [5, 5.41) is 0.438. The van der Waals surface area contributed by atoms with E-state index in [4.69, 9.17) is 17.3 Å². The van der Waals surface area contributed by atoms with Crippen LogP contribution in [0.3, 0.4) is 0 Å². The Balaban J connectivity index is 2.97. The molecule has 2 N–H and O–H groups in total. The maximum Gasteiger partial charge on any atom is 0.401 e. The molecule has 0 aliphatic heterocycles. The van der Waals surface area contributed by atoms with Crippen LogP contribution in [-0.2, 0) is 0 Å². The van der Waals surface area contributed by atoms with E-state index in [1.54, 1.807) is 31.2 Å². The Bertz CT molecular complexity index is 382. The van der Waals surface area contributed by atoms with Crippen molar-refractivity contribution in [3.05, 3.63) is 34.9 Å². The van der Waals surface area contributed by atoms with Crippen LogP contribution in [0.25, 0.3) is 0 Å². The molecule has 0 bridgehead atoms. The van der Waals surface area contributed by atoms with Gasteiger partial charge in [-0.15, -0.1) is 0 Å². The first-order chi connectivity index (χ1) is 8.39. The molecule has 102 valence electrons. The second kappa shape index (κ2) is 6.41. The normalized spacial score (nSPS) is 13.9. The highest BCUT2D eigenvalue weighted by Gasteiger charge is 2.33. The zero-order valence-electron chi connectivity index (χ0n) is 10.0. The number of hydrogen-bond donors (Lipinski definition) is 1. The molecule has 0 aliphatic carbocycles. The predicted octanol–water partition coefficient (Wildman–Crippen LogP) is 3.22. The lowest BCUT2D eigenvalue weighted by molar-refractivity contribution is -0.150. The van der Waals surface area contributed by atoms with Gasteiger partial charge in [0.2, 0.25) is 0 Å². The van der Waals surface area contributed by atoms with Gasteiger partial charge < -0.3 is 5.73 Å². The van der Waals surface area contributed by atoms with E-state index in [9.17, 15) is 13.2 Å². The summed E-state index contributed by atoms with van der Waals surface area (Å²) in [5.41, 5.74) is 6.23. The topological polar surface area (TPSA) is 29.3 Å². The van der Waals surface area contributed by atoms with Gasteiger partial charge in [0.1, 0.15) is 0 Å². The van der Waals surface area contributed by atoms with Gasteiger partial charge in [-0.1, -0.05) is 36.7 Å². The molecule has 1 atom stereocenters. The maximum absolute atomic E-state index is 12.5. The summed E-state index contributed by atoms with van der Waals surface area (Å²) in [6, 6.07) is 6.32. The maximum atomic E-state index is 12.5. The Morgan fingerprint density at radius 3 is 2.39 bits per heavy atom. The molecule has 0 amide bonds. The Hall–Kier alpha value is -0.780. The van der Waals surface area contributed by atoms with Crippen LogP contribution in [0.5, 0.6) is 0 Å². The summed E-state index contributed by atoms with van der Waals surface area (Å²) in [5.74, 6) is 0. The molecule has 1 unspecified atom stereocenters. The molecular weight excluding hydrogens is 265 g/mol. The molecule has 0 saturated carbocycles. The van der Waals surface area contributed by atoms with Crippen LogP contribution in [-0.4, -0.2) is 30.7 Å². The van der Waals surface area contributed by atoms with Crippen molar-refractivity contribution < 1.29 is 13.2 Å². The second-order valence-corrected chi connectivity index (χ2v) is 4.36. The summed E-state index contributed by atoms with van der Waals surface area (Å²) in [6.07, 6.45) is -4.25. The van der Waals surface area contributed by atoms with Crippen LogP contribution in [0, 0.1) is 0 Å². The summed E-state index contributed by atoms with van der Waals surface area (Å²) < 4.78 is 37.5. The number of rotatable bonds is 5. The number of nitrogens with two attached hydrogens (primary N) is 1. The summed E-state index contributed by atoms with van der Waals surface area (Å²) >= 11 is 6.01. The average molecular weight is 281 g/mol. The van der Waals surface area contributed by atoms with E-state index >= 15 is 0 Å². The first kappa shape index (κ1) is 15.3. The Morgan fingerprint density at radius 1 is 1.33 bits per heavy atom. The monoisotopic (exact) mass is 280 g/mol. The summed E-state index contributed by atoms with van der Waals surface area (Å²) in [4.78, 5) is 1.28. The first-order valence-corrected chi connectivity index (χ1v) is 6.02. The highest BCUT2D eigenvalue weighted by atomic mass is 35.5. The van der Waals surface area contributed by atoms with Crippen LogP contribution in [0.4, 0.5) is 13.2 Å². The second-order valence-electron chi connectivity index (χ2n) is 3.95. The minimum absolute atomic E-state index is 0.0909. The summed E-state index contributed by atoms with van der Waals surface area (Å²) in [6.45, 7) is 1.03. The highest BCUT2D eigenvalue weighted by molar-refractivity contribution is 6.31. The van der Waals surface area contributed by atoms with E-state index in [2.05, 4.69) is 0 Å². The molecule has 1 rings (SSSR count). The van der Waals surface area contributed by atoms with Gasteiger partial charge in [-0.2, -0.15) is 13.2 Å². The largest absolute Gasteiger partial charge is 0.401 e. The molecule has 6 heteroatoms. The number of benzene rings is 1. The van der Waals surface area contributed by atoms with Crippen LogP contribution in [0.15, 0.2) is 24.3 Å². The van der Waals surface area contributed by atoms with Gasteiger partial charge in [-0.3, -0.25) is 4.90 Å². The van der Waals surface area contributed by atoms with E-state index in [0.717, 1.165) is 0 Å². The lowest BCUT2D eigenvalue weighted by Crippen LogP contribution is -2.40. The van der Waals surface area contributed by atoms with E-state index < -0.39 is 18.8 Å². The smallest absolute Gasteiger partial charge is 0.329 e. The van der Waals surface area contributed by atoms with Gasteiger partial charge >= 0.3 is 6.18 Å². The fourth-order valence-corrected chi connectivity index (χ4v) is 2.15. The average Bonchev–Trinajstić information content (AvgIpc) is 2.29. The first-order valence-electron chi connectivity index (χ1n) is 5.64. The quantitative estimate of drug-likeness (QED) is 0.897. The van der Waals surface area contributed by atoms with Crippen LogP contribution in [0.2, 0.25) is 5.02 Å². The fraction of sp³-hybridized carbons (Fsp3) is 0.500. The molecule has 0 heterocycles. The molecule has 0 aliphatic rings. The molecule has 0 spiro atoms.